The van der Waals surface area contributed by atoms with E-state index >= 15 is 0 Å². The molecule has 1 rings (SSSR count). The van der Waals surface area contributed by atoms with Crippen LogP contribution in [0.3, 0.4) is 0 Å². The number of rotatable bonds is 13. The molecule has 1 amide bonds. The summed E-state index contributed by atoms with van der Waals surface area (Å²) >= 11 is 1.58. The summed E-state index contributed by atoms with van der Waals surface area (Å²) in [5, 5.41) is 2.80. The summed E-state index contributed by atoms with van der Waals surface area (Å²) in [6.07, 6.45) is 3.05. The summed E-state index contributed by atoms with van der Waals surface area (Å²) in [5.41, 5.74) is 1.11. The summed E-state index contributed by atoms with van der Waals surface area (Å²) in [5.74, 6) is 0.385. The van der Waals surface area contributed by atoms with E-state index in [-0.39, 0.29) is 17.8 Å². The molecule has 0 saturated carbocycles. The Morgan fingerprint density at radius 1 is 1.27 bits per heavy atom. The number of thioether (sulfide) groups is 1. The van der Waals surface area contributed by atoms with Crippen LogP contribution >= 0.6 is 11.8 Å². The number of amides is 1. The molecule has 1 aromatic carbocycles. The van der Waals surface area contributed by atoms with Gasteiger partial charge in [0.1, 0.15) is 6.04 Å². The highest BCUT2D eigenvalue weighted by molar-refractivity contribution is 7.98. The number of benzene rings is 1. The largest absolute Gasteiger partial charge is 0.374 e. The zero-order valence-corrected chi connectivity index (χ0v) is 17.4. The van der Waals surface area contributed by atoms with Crippen LogP contribution in [0.25, 0.3) is 0 Å². The molecule has 2 unspecified atom stereocenters. The van der Waals surface area contributed by atoms with Gasteiger partial charge in [0, 0.05) is 13.2 Å². The molecule has 0 aliphatic rings. The zero-order chi connectivity index (χ0) is 19.4. The van der Waals surface area contributed by atoms with Crippen LogP contribution in [0.2, 0.25) is 0 Å². The first-order chi connectivity index (χ1) is 12.4. The quantitative estimate of drug-likeness (QED) is 0.495. The minimum atomic E-state index is -3.42. The van der Waals surface area contributed by atoms with Gasteiger partial charge in [0.2, 0.25) is 15.9 Å². The summed E-state index contributed by atoms with van der Waals surface area (Å²) in [6.45, 7) is 4.51. The van der Waals surface area contributed by atoms with Crippen molar-refractivity contribution in [1.29, 1.82) is 0 Å². The molecule has 0 radical (unpaired) electrons. The topological polar surface area (TPSA) is 84.5 Å². The Bertz CT molecular complexity index is 623. The van der Waals surface area contributed by atoms with Crippen molar-refractivity contribution >= 4 is 27.7 Å². The van der Waals surface area contributed by atoms with Gasteiger partial charge in [-0.15, -0.1) is 0 Å². The molecule has 0 fully saturated rings. The second kappa shape index (κ2) is 12.3. The molecule has 0 spiro atoms. The predicted octanol–water partition coefficient (Wildman–Crippen LogP) is 2.33. The highest BCUT2D eigenvalue weighted by Crippen LogP contribution is 2.15. The molecule has 8 heteroatoms. The average molecular weight is 403 g/mol. The Morgan fingerprint density at radius 3 is 2.58 bits per heavy atom. The van der Waals surface area contributed by atoms with Gasteiger partial charge in [-0.3, -0.25) is 4.79 Å². The first-order valence-corrected chi connectivity index (χ1v) is 11.9. The molecule has 26 heavy (non-hydrogen) atoms. The van der Waals surface area contributed by atoms with Crippen LogP contribution in [-0.4, -0.2) is 51.3 Å². The van der Waals surface area contributed by atoms with E-state index in [1.54, 1.807) is 18.7 Å². The van der Waals surface area contributed by atoms with Gasteiger partial charge in [-0.25, -0.2) is 13.1 Å². The minimum absolute atomic E-state index is 0.00223. The maximum Gasteiger partial charge on any atom is 0.238 e. The standard InChI is InChI=1S/C18H30N2O4S2/c1-4-26(22,23)20-17(11-14-25-3)18(21)19-12-8-13-24-15(2)16-9-6-5-7-10-16/h5-7,9-10,15,17,20H,4,8,11-14H2,1-3H3,(H,19,21). The van der Waals surface area contributed by atoms with Crippen LogP contribution in [0.4, 0.5) is 0 Å². The normalized spacial score (nSPS) is 14.0. The molecular formula is C18H30N2O4S2. The van der Waals surface area contributed by atoms with Gasteiger partial charge in [-0.1, -0.05) is 30.3 Å². The van der Waals surface area contributed by atoms with Crippen LogP contribution in [0.15, 0.2) is 30.3 Å². The molecular weight excluding hydrogens is 372 g/mol. The second-order valence-corrected chi connectivity index (χ2v) is 8.95. The van der Waals surface area contributed by atoms with Gasteiger partial charge in [0.05, 0.1) is 11.9 Å². The molecule has 0 aliphatic heterocycles. The minimum Gasteiger partial charge on any atom is -0.374 e. The first-order valence-electron chi connectivity index (χ1n) is 8.82. The Kier molecular flexibility index (Phi) is 10.9. The Balaban J connectivity index is 2.35. The molecule has 1 aromatic rings. The van der Waals surface area contributed by atoms with Gasteiger partial charge in [-0.2, -0.15) is 11.8 Å². The highest BCUT2D eigenvalue weighted by atomic mass is 32.2. The Labute approximate surface area is 161 Å². The third-order valence-electron chi connectivity index (χ3n) is 3.89. The van der Waals surface area contributed by atoms with Crippen LogP contribution in [0.5, 0.6) is 0 Å². The third-order valence-corrected chi connectivity index (χ3v) is 5.93. The number of carbonyl (C=O) groups is 1. The fourth-order valence-corrected chi connectivity index (χ4v) is 3.56. The summed E-state index contributed by atoms with van der Waals surface area (Å²) in [4.78, 5) is 12.3. The summed E-state index contributed by atoms with van der Waals surface area (Å²) < 4.78 is 31.7. The number of nitrogens with one attached hydrogen (secondary N) is 2. The second-order valence-electron chi connectivity index (χ2n) is 5.92. The average Bonchev–Trinajstić information content (AvgIpc) is 2.65. The summed E-state index contributed by atoms with van der Waals surface area (Å²) in [7, 11) is -3.42. The highest BCUT2D eigenvalue weighted by Gasteiger charge is 2.22. The maximum absolute atomic E-state index is 12.3. The van der Waals surface area contributed by atoms with Crippen molar-refractivity contribution in [3.63, 3.8) is 0 Å². The molecule has 0 aromatic heterocycles. The smallest absolute Gasteiger partial charge is 0.238 e. The molecule has 0 bridgehead atoms. The molecule has 2 N–H and O–H groups in total. The van der Waals surface area contributed by atoms with Crippen LogP contribution in [-0.2, 0) is 19.6 Å². The number of carbonyl (C=O) groups excluding carboxylic acids is 1. The van der Waals surface area contributed by atoms with Crippen LogP contribution < -0.4 is 10.0 Å². The van der Waals surface area contributed by atoms with E-state index < -0.39 is 16.1 Å². The molecule has 148 valence electrons. The lowest BCUT2D eigenvalue weighted by molar-refractivity contribution is -0.122. The van der Waals surface area contributed by atoms with Crippen molar-refractivity contribution in [2.75, 3.05) is 30.9 Å². The number of hydrogen-bond donors (Lipinski definition) is 2. The molecule has 0 aliphatic carbocycles. The van der Waals surface area contributed by atoms with E-state index in [1.165, 1.54) is 0 Å². The van der Waals surface area contributed by atoms with Crippen molar-refractivity contribution in [3.8, 4) is 0 Å². The molecule has 0 heterocycles. The van der Waals surface area contributed by atoms with E-state index in [1.807, 2.05) is 43.5 Å². The SMILES string of the molecule is CCS(=O)(=O)NC(CCSC)C(=O)NCCCOC(C)c1ccccc1. The maximum atomic E-state index is 12.3. The summed E-state index contributed by atoms with van der Waals surface area (Å²) in [6, 6.07) is 9.22. The van der Waals surface area contributed by atoms with Gasteiger partial charge in [0.15, 0.2) is 0 Å². The molecule has 2 atom stereocenters. The van der Waals surface area contributed by atoms with Crippen molar-refractivity contribution in [2.24, 2.45) is 0 Å². The van der Waals surface area contributed by atoms with Crippen molar-refractivity contribution in [3.05, 3.63) is 35.9 Å². The number of ether oxygens (including phenoxy) is 1. The lowest BCUT2D eigenvalue weighted by atomic mass is 10.1. The van der Waals surface area contributed by atoms with E-state index in [4.69, 9.17) is 4.74 Å². The predicted molar refractivity (Wildman–Crippen MR) is 108 cm³/mol. The van der Waals surface area contributed by atoms with Crippen molar-refractivity contribution in [1.82, 2.24) is 10.0 Å². The fraction of sp³-hybridized carbons (Fsp3) is 0.611. The lowest BCUT2D eigenvalue weighted by Gasteiger charge is -2.18. The van der Waals surface area contributed by atoms with Crippen molar-refractivity contribution < 1.29 is 17.9 Å². The van der Waals surface area contributed by atoms with Crippen LogP contribution in [0.1, 0.15) is 38.4 Å². The van der Waals surface area contributed by atoms with E-state index in [0.717, 1.165) is 5.56 Å². The van der Waals surface area contributed by atoms with Crippen LogP contribution in [0, 0.1) is 0 Å². The van der Waals surface area contributed by atoms with Gasteiger partial charge in [0.25, 0.3) is 0 Å². The van der Waals surface area contributed by atoms with E-state index in [9.17, 15) is 13.2 Å². The number of sulfonamides is 1. The third kappa shape index (κ3) is 9.02. The fourth-order valence-electron chi connectivity index (χ4n) is 2.27. The monoisotopic (exact) mass is 402 g/mol. The zero-order valence-electron chi connectivity index (χ0n) is 15.7. The van der Waals surface area contributed by atoms with Gasteiger partial charge in [-0.05, 0) is 44.3 Å². The molecule has 0 saturated heterocycles. The number of hydrogen-bond acceptors (Lipinski definition) is 5. The van der Waals surface area contributed by atoms with E-state index in [0.29, 0.717) is 31.7 Å². The Hall–Kier alpha value is -1.09. The van der Waals surface area contributed by atoms with Gasteiger partial charge < -0.3 is 10.1 Å². The van der Waals surface area contributed by atoms with Gasteiger partial charge >= 0.3 is 0 Å². The lowest BCUT2D eigenvalue weighted by Crippen LogP contribution is -2.47. The van der Waals surface area contributed by atoms with Crippen molar-refractivity contribution in [2.45, 2.75) is 38.8 Å². The van der Waals surface area contributed by atoms with E-state index in [2.05, 4.69) is 10.0 Å². The molecule has 6 nitrogen and oxygen atoms in total. The first kappa shape index (κ1) is 23.0. The Morgan fingerprint density at radius 2 is 1.96 bits per heavy atom.